The molecule has 0 spiro atoms. The molecule has 5 nitrogen and oxygen atoms in total. The number of azo groups is 1. The van der Waals surface area contributed by atoms with Gasteiger partial charge < -0.3 is 4.74 Å². The molecule has 5 heteroatoms. The topological polar surface area (TPSA) is 62.6 Å². The van der Waals surface area contributed by atoms with E-state index in [9.17, 15) is 0 Å². The van der Waals surface area contributed by atoms with Crippen molar-refractivity contribution in [3.8, 4) is 17.0 Å². The van der Waals surface area contributed by atoms with E-state index >= 15 is 0 Å². The van der Waals surface area contributed by atoms with Crippen LogP contribution in [0.1, 0.15) is 0 Å². The minimum absolute atomic E-state index is 0.698. The van der Waals surface area contributed by atoms with Gasteiger partial charge in [0.25, 0.3) is 0 Å². The molecule has 3 aromatic rings. The number of H-pyrrole nitrogens is 1. The highest BCUT2D eigenvalue weighted by molar-refractivity contribution is 5.71. The Hall–Kier alpha value is -2.95. The first-order valence-electron chi connectivity index (χ1n) is 6.51. The third-order valence-corrected chi connectivity index (χ3v) is 3.03. The van der Waals surface area contributed by atoms with Crippen LogP contribution < -0.4 is 4.74 Å². The smallest absolute Gasteiger partial charge is 0.131 e. The van der Waals surface area contributed by atoms with Crippen LogP contribution in [-0.4, -0.2) is 17.3 Å². The number of ether oxygens (including phenoxy) is 1. The molecule has 1 N–H and O–H groups in total. The van der Waals surface area contributed by atoms with Gasteiger partial charge in [-0.3, -0.25) is 5.10 Å². The van der Waals surface area contributed by atoms with Crippen LogP contribution in [0.4, 0.5) is 11.4 Å². The zero-order valence-corrected chi connectivity index (χ0v) is 11.5. The summed E-state index contributed by atoms with van der Waals surface area (Å²) in [4.78, 5) is 0. The summed E-state index contributed by atoms with van der Waals surface area (Å²) in [5.41, 5.74) is 3.32. The van der Waals surface area contributed by atoms with Gasteiger partial charge in [0.05, 0.1) is 24.7 Å². The zero-order valence-electron chi connectivity index (χ0n) is 11.5. The van der Waals surface area contributed by atoms with E-state index in [-0.39, 0.29) is 0 Å². The highest BCUT2D eigenvalue weighted by atomic mass is 16.5. The highest BCUT2D eigenvalue weighted by Gasteiger charge is 2.07. The maximum Gasteiger partial charge on any atom is 0.131 e. The summed E-state index contributed by atoms with van der Waals surface area (Å²) < 4.78 is 5.15. The summed E-state index contributed by atoms with van der Waals surface area (Å²) in [6, 6.07) is 17.3. The first kappa shape index (κ1) is 13.1. The molecule has 0 saturated carbocycles. The predicted octanol–water partition coefficient (Wildman–Crippen LogP) is 4.50. The Morgan fingerprint density at radius 3 is 2.43 bits per heavy atom. The lowest BCUT2D eigenvalue weighted by Gasteiger charge is -2.02. The lowest BCUT2D eigenvalue weighted by Crippen LogP contribution is -1.83. The lowest BCUT2D eigenvalue weighted by atomic mass is 10.1. The zero-order chi connectivity index (χ0) is 14.5. The minimum Gasteiger partial charge on any atom is -0.497 e. The van der Waals surface area contributed by atoms with Crippen molar-refractivity contribution >= 4 is 11.4 Å². The largest absolute Gasteiger partial charge is 0.497 e. The van der Waals surface area contributed by atoms with Crippen molar-refractivity contribution in [3.05, 3.63) is 60.8 Å². The SMILES string of the molecule is COc1ccc(-c2[nH]ncc2N=Nc2ccccc2)cc1. The summed E-state index contributed by atoms with van der Waals surface area (Å²) in [7, 11) is 1.64. The van der Waals surface area contributed by atoms with Crippen molar-refractivity contribution in [2.45, 2.75) is 0 Å². The second-order valence-electron chi connectivity index (χ2n) is 4.39. The Labute approximate surface area is 122 Å². The molecule has 3 rings (SSSR count). The van der Waals surface area contributed by atoms with Crippen molar-refractivity contribution in [1.82, 2.24) is 10.2 Å². The second-order valence-corrected chi connectivity index (χ2v) is 4.39. The summed E-state index contributed by atoms with van der Waals surface area (Å²) in [6.07, 6.45) is 1.66. The van der Waals surface area contributed by atoms with Gasteiger partial charge in [-0.15, -0.1) is 5.11 Å². The van der Waals surface area contributed by atoms with Crippen molar-refractivity contribution in [1.29, 1.82) is 0 Å². The molecule has 0 atom stereocenters. The summed E-state index contributed by atoms with van der Waals surface area (Å²) in [5, 5.41) is 15.5. The average Bonchev–Trinajstić information content (AvgIpc) is 3.02. The van der Waals surface area contributed by atoms with Gasteiger partial charge in [-0.05, 0) is 36.4 Å². The van der Waals surface area contributed by atoms with Gasteiger partial charge in [0.15, 0.2) is 0 Å². The summed E-state index contributed by atoms with van der Waals surface area (Å²) in [5.74, 6) is 0.811. The molecule has 1 heterocycles. The molecule has 0 aliphatic carbocycles. The van der Waals surface area contributed by atoms with Crippen LogP contribution in [-0.2, 0) is 0 Å². The van der Waals surface area contributed by atoms with E-state index in [4.69, 9.17) is 4.74 Å². The van der Waals surface area contributed by atoms with Gasteiger partial charge in [-0.2, -0.15) is 10.2 Å². The number of nitrogens with zero attached hydrogens (tertiary/aromatic N) is 3. The summed E-state index contributed by atoms with van der Waals surface area (Å²) in [6.45, 7) is 0. The van der Waals surface area contributed by atoms with Crippen LogP contribution in [0.25, 0.3) is 11.3 Å². The first-order valence-corrected chi connectivity index (χ1v) is 6.51. The molecule has 0 aliphatic heterocycles. The van der Waals surface area contributed by atoms with Gasteiger partial charge in [0.1, 0.15) is 11.4 Å². The Morgan fingerprint density at radius 1 is 0.952 bits per heavy atom. The third-order valence-electron chi connectivity index (χ3n) is 3.03. The first-order chi connectivity index (χ1) is 10.4. The van der Waals surface area contributed by atoms with E-state index in [1.807, 2.05) is 54.6 Å². The standard InChI is InChI=1S/C16H14N4O/c1-21-14-9-7-12(8-10-14)16-15(11-17-20-16)19-18-13-5-3-2-4-6-13/h2-11H,1H3,(H,17,20). The van der Waals surface area contributed by atoms with Crippen LogP contribution in [0.3, 0.4) is 0 Å². The number of nitrogens with one attached hydrogen (secondary N) is 1. The molecule has 0 radical (unpaired) electrons. The lowest BCUT2D eigenvalue weighted by molar-refractivity contribution is 0.415. The average molecular weight is 278 g/mol. The van der Waals surface area contributed by atoms with Crippen molar-refractivity contribution in [3.63, 3.8) is 0 Å². The van der Waals surface area contributed by atoms with Crippen LogP contribution in [0, 0.1) is 0 Å². The van der Waals surface area contributed by atoms with Gasteiger partial charge in [-0.1, -0.05) is 18.2 Å². The van der Waals surface area contributed by atoms with Gasteiger partial charge in [0.2, 0.25) is 0 Å². The van der Waals surface area contributed by atoms with Gasteiger partial charge in [0, 0.05) is 5.56 Å². The Morgan fingerprint density at radius 2 is 1.71 bits per heavy atom. The van der Waals surface area contributed by atoms with Crippen LogP contribution in [0.15, 0.2) is 71.0 Å². The number of rotatable bonds is 4. The number of aromatic nitrogens is 2. The predicted molar refractivity (Wildman–Crippen MR) is 81.2 cm³/mol. The van der Waals surface area contributed by atoms with E-state index in [0.717, 1.165) is 22.7 Å². The van der Waals surface area contributed by atoms with Crippen LogP contribution in [0.2, 0.25) is 0 Å². The fourth-order valence-corrected chi connectivity index (χ4v) is 1.93. The normalized spacial score (nSPS) is 10.9. The molecule has 0 aliphatic rings. The number of hydrogen-bond donors (Lipinski definition) is 1. The van der Waals surface area contributed by atoms with Crippen molar-refractivity contribution in [2.24, 2.45) is 10.2 Å². The maximum absolute atomic E-state index is 5.15. The fourth-order valence-electron chi connectivity index (χ4n) is 1.93. The second kappa shape index (κ2) is 6.00. The number of benzene rings is 2. The quantitative estimate of drug-likeness (QED) is 0.714. The Balaban J connectivity index is 1.88. The van der Waals surface area contributed by atoms with E-state index in [1.165, 1.54) is 0 Å². The van der Waals surface area contributed by atoms with E-state index in [1.54, 1.807) is 13.3 Å². The molecule has 2 aromatic carbocycles. The molecule has 0 fully saturated rings. The number of aromatic amines is 1. The number of methoxy groups -OCH3 is 1. The molecule has 0 bridgehead atoms. The molecule has 1 aromatic heterocycles. The van der Waals surface area contributed by atoms with Crippen LogP contribution >= 0.6 is 0 Å². The monoisotopic (exact) mass is 278 g/mol. The van der Waals surface area contributed by atoms with Gasteiger partial charge >= 0.3 is 0 Å². The highest BCUT2D eigenvalue weighted by Crippen LogP contribution is 2.30. The van der Waals surface area contributed by atoms with Crippen molar-refractivity contribution < 1.29 is 4.74 Å². The third kappa shape index (κ3) is 2.97. The molecular weight excluding hydrogens is 264 g/mol. The van der Waals surface area contributed by atoms with E-state index < -0.39 is 0 Å². The molecule has 104 valence electrons. The molecule has 21 heavy (non-hydrogen) atoms. The van der Waals surface area contributed by atoms with E-state index in [0.29, 0.717) is 5.69 Å². The molecule has 0 saturated heterocycles. The molecule has 0 unspecified atom stereocenters. The minimum atomic E-state index is 0.698. The Bertz CT molecular complexity index is 732. The number of hydrogen-bond acceptors (Lipinski definition) is 4. The van der Waals surface area contributed by atoms with Gasteiger partial charge in [-0.25, -0.2) is 0 Å². The molecular formula is C16H14N4O. The van der Waals surface area contributed by atoms with E-state index in [2.05, 4.69) is 20.4 Å². The fraction of sp³-hybridized carbons (Fsp3) is 0.0625. The van der Waals surface area contributed by atoms with Crippen molar-refractivity contribution in [2.75, 3.05) is 7.11 Å². The molecule has 0 amide bonds. The Kier molecular flexibility index (Phi) is 3.73. The summed E-state index contributed by atoms with van der Waals surface area (Å²) >= 11 is 0. The van der Waals surface area contributed by atoms with Crippen LogP contribution in [0.5, 0.6) is 5.75 Å². The maximum atomic E-state index is 5.15.